The lowest BCUT2D eigenvalue weighted by Crippen LogP contribution is -2.16. The van der Waals surface area contributed by atoms with Gasteiger partial charge in [-0.25, -0.2) is 4.39 Å². The molecular weight excluding hydrogens is 265 g/mol. The molecule has 0 spiro atoms. The molecule has 0 saturated heterocycles. The molecule has 0 atom stereocenters. The maximum absolute atomic E-state index is 13.8. The van der Waals surface area contributed by atoms with Crippen LogP contribution in [0.25, 0.3) is 0 Å². The number of rotatable bonds is 5. The van der Waals surface area contributed by atoms with Crippen LogP contribution in [0, 0.1) is 5.82 Å². The van der Waals surface area contributed by atoms with Crippen LogP contribution in [0.1, 0.15) is 16.7 Å². The van der Waals surface area contributed by atoms with E-state index < -0.39 is 0 Å². The first-order chi connectivity index (χ1) is 9.20. The normalized spacial score (nSPS) is 11.7. The van der Waals surface area contributed by atoms with E-state index in [9.17, 15) is 4.39 Å². The Hall–Kier alpha value is -1.92. The number of thiophene rings is 1. The second kappa shape index (κ2) is 6.31. The average molecular weight is 279 g/mol. The molecule has 1 aromatic heterocycles. The molecule has 0 aliphatic rings. The molecule has 0 saturated carbocycles. The Bertz CT molecular complexity index is 569. The van der Waals surface area contributed by atoms with E-state index in [0.717, 1.165) is 0 Å². The Kier molecular flexibility index (Phi) is 4.48. The number of benzene rings is 1. The van der Waals surface area contributed by atoms with Gasteiger partial charge in [-0.3, -0.25) is 0 Å². The fourth-order valence-corrected chi connectivity index (χ4v) is 2.31. The highest BCUT2D eigenvalue weighted by Crippen LogP contribution is 2.11. The maximum Gasteiger partial charge on any atom is 0.170 e. The van der Waals surface area contributed by atoms with Gasteiger partial charge in [0.2, 0.25) is 0 Å². The second-order valence-corrected chi connectivity index (χ2v) is 4.81. The lowest BCUT2D eigenvalue weighted by Gasteiger charge is -2.07. The van der Waals surface area contributed by atoms with Gasteiger partial charge < -0.3 is 16.3 Å². The highest BCUT2D eigenvalue weighted by Gasteiger charge is 2.06. The Morgan fingerprint density at radius 3 is 2.84 bits per heavy atom. The van der Waals surface area contributed by atoms with Gasteiger partial charge in [0, 0.05) is 24.2 Å². The lowest BCUT2D eigenvalue weighted by molar-refractivity contribution is 0.318. The molecule has 4 N–H and O–H groups in total. The summed E-state index contributed by atoms with van der Waals surface area (Å²) in [6, 6.07) is 6.54. The van der Waals surface area contributed by atoms with Crippen LogP contribution in [0.2, 0.25) is 0 Å². The predicted molar refractivity (Wildman–Crippen MR) is 73.8 cm³/mol. The first-order valence-electron chi connectivity index (χ1n) is 5.69. The molecule has 0 bridgehead atoms. The molecule has 0 fully saturated rings. The Morgan fingerprint density at radius 2 is 2.21 bits per heavy atom. The number of hydrogen-bond donors (Lipinski definition) is 3. The van der Waals surface area contributed by atoms with Crippen molar-refractivity contribution >= 4 is 17.2 Å². The van der Waals surface area contributed by atoms with Crippen LogP contribution in [-0.2, 0) is 13.1 Å². The zero-order valence-electron chi connectivity index (χ0n) is 10.1. The van der Waals surface area contributed by atoms with Gasteiger partial charge in [-0.1, -0.05) is 17.3 Å². The average Bonchev–Trinajstić information content (AvgIpc) is 2.93. The summed E-state index contributed by atoms with van der Waals surface area (Å²) in [7, 11) is 0. The first-order valence-corrected chi connectivity index (χ1v) is 6.63. The standard InChI is InChI=1S/C13H14FN3OS/c14-12-5-10(13(15)17-18)1-2-11(12)7-16-6-9-3-4-19-8-9/h1-5,8,16,18H,6-7H2,(H2,15,17). The van der Waals surface area contributed by atoms with E-state index in [1.807, 2.05) is 16.8 Å². The maximum atomic E-state index is 13.8. The summed E-state index contributed by atoms with van der Waals surface area (Å²) in [5.41, 5.74) is 7.48. The van der Waals surface area contributed by atoms with Crippen LogP contribution < -0.4 is 11.1 Å². The third-order valence-electron chi connectivity index (χ3n) is 2.68. The summed E-state index contributed by atoms with van der Waals surface area (Å²) in [4.78, 5) is 0. The van der Waals surface area contributed by atoms with Crippen molar-refractivity contribution in [3.8, 4) is 0 Å². The summed E-state index contributed by atoms with van der Waals surface area (Å²) >= 11 is 1.63. The second-order valence-electron chi connectivity index (χ2n) is 4.03. The van der Waals surface area contributed by atoms with Crippen molar-refractivity contribution in [1.29, 1.82) is 0 Å². The third-order valence-corrected chi connectivity index (χ3v) is 3.41. The van der Waals surface area contributed by atoms with Crippen molar-refractivity contribution in [2.24, 2.45) is 10.9 Å². The van der Waals surface area contributed by atoms with Gasteiger partial charge in [-0.2, -0.15) is 11.3 Å². The summed E-state index contributed by atoms with van der Waals surface area (Å²) in [6.07, 6.45) is 0. The van der Waals surface area contributed by atoms with Gasteiger partial charge in [0.1, 0.15) is 5.82 Å². The quantitative estimate of drug-likeness (QED) is 0.340. The van der Waals surface area contributed by atoms with Crippen molar-refractivity contribution in [2.45, 2.75) is 13.1 Å². The fraction of sp³-hybridized carbons (Fsp3) is 0.154. The van der Waals surface area contributed by atoms with Gasteiger partial charge in [-0.05, 0) is 28.5 Å². The molecule has 2 aromatic rings. The molecule has 0 radical (unpaired) electrons. The van der Waals surface area contributed by atoms with Crippen molar-refractivity contribution in [1.82, 2.24) is 5.32 Å². The topological polar surface area (TPSA) is 70.6 Å². The van der Waals surface area contributed by atoms with Crippen LogP contribution in [0.5, 0.6) is 0 Å². The predicted octanol–water partition coefficient (Wildman–Crippen LogP) is 2.27. The van der Waals surface area contributed by atoms with E-state index in [-0.39, 0.29) is 11.7 Å². The molecule has 0 aliphatic carbocycles. The molecule has 0 aliphatic heterocycles. The molecule has 0 unspecified atom stereocenters. The van der Waals surface area contributed by atoms with Crippen LogP contribution in [0.4, 0.5) is 4.39 Å². The van der Waals surface area contributed by atoms with Gasteiger partial charge in [0.25, 0.3) is 0 Å². The third kappa shape index (κ3) is 3.52. The summed E-state index contributed by atoms with van der Waals surface area (Å²) in [5, 5.41) is 18.6. The summed E-state index contributed by atoms with van der Waals surface area (Å²) < 4.78 is 13.8. The van der Waals surface area contributed by atoms with Crippen LogP contribution in [0.15, 0.2) is 40.2 Å². The Balaban J connectivity index is 1.97. The molecule has 100 valence electrons. The summed E-state index contributed by atoms with van der Waals surface area (Å²) in [5.74, 6) is -0.474. The fourth-order valence-electron chi connectivity index (χ4n) is 1.64. The molecule has 0 amide bonds. The van der Waals surface area contributed by atoms with Gasteiger partial charge in [0.15, 0.2) is 5.84 Å². The number of amidine groups is 1. The van der Waals surface area contributed by atoms with E-state index in [0.29, 0.717) is 24.2 Å². The van der Waals surface area contributed by atoms with E-state index in [2.05, 4.69) is 10.5 Å². The first kappa shape index (κ1) is 13.5. The molecular formula is C13H14FN3OS. The molecule has 6 heteroatoms. The summed E-state index contributed by atoms with van der Waals surface area (Å²) in [6.45, 7) is 1.13. The van der Waals surface area contributed by atoms with Crippen molar-refractivity contribution < 1.29 is 9.60 Å². The Labute approximate surface area is 114 Å². The number of hydrogen-bond acceptors (Lipinski definition) is 4. The number of oxime groups is 1. The highest BCUT2D eigenvalue weighted by atomic mass is 32.1. The van der Waals surface area contributed by atoms with Crippen LogP contribution in [-0.4, -0.2) is 11.0 Å². The van der Waals surface area contributed by atoms with Gasteiger partial charge in [0.05, 0.1) is 0 Å². The molecule has 1 heterocycles. The number of nitrogens with one attached hydrogen (secondary N) is 1. The van der Waals surface area contributed by atoms with E-state index in [1.54, 1.807) is 23.5 Å². The van der Waals surface area contributed by atoms with Gasteiger partial charge >= 0.3 is 0 Å². The monoisotopic (exact) mass is 279 g/mol. The van der Waals surface area contributed by atoms with Crippen LogP contribution >= 0.6 is 11.3 Å². The van der Waals surface area contributed by atoms with Crippen LogP contribution in [0.3, 0.4) is 0 Å². The largest absolute Gasteiger partial charge is 0.409 e. The zero-order chi connectivity index (χ0) is 13.7. The van der Waals surface area contributed by atoms with Gasteiger partial charge in [-0.15, -0.1) is 0 Å². The van der Waals surface area contributed by atoms with Crippen molar-refractivity contribution in [2.75, 3.05) is 0 Å². The SMILES string of the molecule is NC(=NO)c1ccc(CNCc2ccsc2)c(F)c1. The van der Waals surface area contributed by atoms with Crippen molar-refractivity contribution in [3.63, 3.8) is 0 Å². The minimum absolute atomic E-state index is 0.100. The molecule has 19 heavy (non-hydrogen) atoms. The van der Waals surface area contributed by atoms with Crippen molar-refractivity contribution in [3.05, 3.63) is 57.5 Å². The van der Waals surface area contributed by atoms with E-state index >= 15 is 0 Å². The number of halogens is 1. The van der Waals surface area contributed by atoms with E-state index in [4.69, 9.17) is 10.9 Å². The molecule has 2 rings (SSSR count). The molecule has 1 aromatic carbocycles. The number of nitrogens with zero attached hydrogens (tertiary/aromatic N) is 1. The molecule has 4 nitrogen and oxygen atoms in total. The minimum atomic E-state index is -0.373. The zero-order valence-corrected chi connectivity index (χ0v) is 11.0. The number of nitrogens with two attached hydrogens (primary N) is 1. The smallest absolute Gasteiger partial charge is 0.170 e. The van der Waals surface area contributed by atoms with E-state index in [1.165, 1.54) is 11.6 Å². The lowest BCUT2D eigenvalue weighted by atomic mass is 10.1. The highest BCUT2D eigenvalue weighted by molar-refractivity contribution is 7.07. The minimum Gasteiger partial charge on any atom is -0.409 e. The Morgan fingerprint density at radius 1 is 1.37 bits per heavy atom.